The standard InChI is InChI=1S/C15H17N3O2S/c1-9-2-3-10(6-12(9)14(17)19)15(20)18-13(7-16)11-4-5-21-8-11/h2-6,8,13H,7,16H2,1H3,(H2,17,19)(H,18,20). The number of hydrogen-bond donors (Lipinski definition) is 3. The largest absolute Gasteiger partial charge is 0.366 e. The number of nitrogens with one attached hydrogen (secondary N) is 1. The quantitative estimate of drug-likeness (QED) is 0.782. The van der Waals surface area contributed by atoms with Gasteiger partial charge in [-0.3, -0.25) is 9.59 Å². The smallest absolute Gasteiger partial charge is 0.251 e. The first-order valence-electron chi connectivity index (χ1n) is 6.46. The zero-order chi connectivity index (χ0) is 15.4. The molecule has 0 saturated heterocycles. The molecule has 0 radical (unpaired) electrons. The lowest BCUT2D eigenvalue weighted by Crippen LogP contribution is -2.33. The number of hydrogen-bond acceptors (Lipinski definition) is 4. The molecule has 2 rings (SSSR count). The van der Waals surface area contributed by atoms with Gasteiger partial charge in [0.25, 0.3) is 5.91 Å². The Morgan fingerprint density at radius 3 is 2.67 bits per heavy atom. The van der Waals surface area contributed by atoms with Crippen LogP contribution in [0.3, 0.4) is 0 Å². The van der Waals surface area contributed by atoms with E-state index < -0.39 is 5.91 Å². The topological polar surface area (TPSA) is 98.2 Å². The molecule has 1 aromatic carbocycles. The van der Waals surface area contributed by atoms with Gasteiger partial charge in [0, 0.05) is 17.7 Å². The van der Waals surface area contributed by atoms with Crippen LogP contribution in [0.15, 0.2) is 35.0 Å². The minimum absolute atomic E-state index is 0.248. The van der Waals surface area contributed by atoms with Crippen molar-refractivity contribution < 1.29 is 9.59 Å². The first-order valence-corrected chi connectivity index (χ1v) is 7.40. The van der Waals surface area contributed by atoms with E-state index in [1.807, 2.05) is 16.8 Å². The van der Waals surface area contributed by atoms with Crippen molar-refractivity contribution >= 4 is 23.2 Å². The highest BCUT2D eigenvalue weighted by molar-refractivity contribution is 7.08. The Kier molecular flexibility index (Phi) is 4.72. The first-order chi connectivity index (χ1) is 10.0. The third kappa shape index (κ3) is 3.48. The molecule has 1 unspecified atom stereocenters. The van der Waals surface area contributed by atoms with Crippen molar-refractivity contribution in [2.24, 2.45) is 11.5 Å². The number of aryl methyl sites for hydroxylation is 1. The molecule has 1 aromatic heterocycles. The maximum Gasteiger partial charge on any atom is 0.251 e. The van der Waals surface area contributed by atoms with E-state index in [-0.39, 0.29) is 11.9 Å². The summed E-state index contributed by atoms with van der Waals surface area (Å²) in [5.74, 6) is -0.825. The van der Waals surface area contributed by atoms with E-state index in [0.717, 1.165) is 11.1 Å². The molecule has 0 aliphatic rings. The van der Waals surface area contributed by atoms with E-state index >= 15 is 0 Å². The molecule has 0 aliphatic carbocycles. The highest BCUT2D eigenvalue weighted by atomic mass is 32.1. The Bertz CT molecular complexity index is 653. The van der Waals surface area contributed by atoms with Crippen LogP contribution in [-0.2, 0) is 0 Å². The van der Waals surface area contributed by atoms with Crippen molar-refractivity contribution in [3.8, 4) is 0 Å². The first kappa shape index (κ1) is 15.2. The van der Waals surface area contributed by atoms with E-state index in [1.165, 1.54) is 6.07 Å². The Balaban J connectivity index is 2.20. The SMILES string of the molecule is Cc1ccc(C(=O)NC(CN)c2ccsc2)cc1C(N)=O. The van der Waals surface area contributed by atoms with Crippen molar-refractivity contribution in [1.82, 2.24) is 5.32 Å². The maximum atomic E-state index is 12.3. The fourth-order valence-electron chi connectivity index (χ4n) is 2.02. The van der Waals surface area contributed by atoms with Gasteiger partial charge in [-0.05, 0) is 47.0 Å². The fraction of sp³-hybridized carbons (Fsp3) is 0.200. The second-order valence-corrected chi connectivity index (χ2v) is 5.49. The number of thiophene rings is 1. The zero-order valence-electron chi connectivity index (χ0n) is 11.6. The maximum absolute atomic E-state index is 12.3. The molecule has 0 spiro atoms. The molecule has 0 bridgehead atoms. The van der Waals surface area contributed by atoms with Crippen LogP contribution < -0.4 is 16.8 Å². The second kappa shape index (κ2) is 6.51. The van der Waals surface area contributed by atoms with Gasteiger partial charge in [-0.2, -0.15) is 11.3 Å². The number of amides is 2. The predicted molar refractivity (Wildman–Crippen MR) is 83.3 cm³/mol. The van der Waals surface area contributed by atoms with E-state index in [9.17, 15) is 9.59 Å². The summed E-state index contributed by atoms with van der Waals surface area (Å²) in [6, 6.07) is 6.55. The molecular formula is C15H17N3O2S. The minimum Gasteiger partial charge on any atom is -0.366 e. The van der Waals surface area contributed by atoms with Crippen LogP contribution in [-0.4, -0.2) is 18.4 Å². The van der Waals surface area contributed by atoms with Crippen molar-refractivity contribution in [2.45, 2.75) is 13.0 Å². The van der Waals surface area contributed by atoms with Gasteiger partial charge in [0.2, 0.25) is 5.91 Å². The Labute approximate surface area is 127 Å². The summed E-state index contributed by atoms with van der Waals surface area (Å²) in [7, 11) is 0. The lowest BCUT2D eigenvalue weighted by atomic mass is 10.0. The molecule has 1 heterocycles. The Morgan fingerprint density at radius 2 is 2.10 bits per heavy atom. The molecule has 1 atom stereocenters. The number of carbonyl (C=O) groups excluding carboxylic acids is 2. The highest BCUT2D eigenvalue weighted by Crippen LogP contribution is 2.17. The summed E-state index contributed by atoms with van der Waals surface area (Å²) in [5, 5.41) is 6.74. The summed E-state index contributed by atoms with van der Waals surface area (Å²) >= 11 is 1.55. The summed E-state index contributed by atoms with van der Waals surface area (Å²) in [6.45, 7) is 2.08. The zero-order valence-corrected chi connectivity index (χ0v) is 12.4. The van der Waals surface area contributed by atoms with Crippen LogP contribution in [0.25, 0.3) is 0 Å². The molecule has 2 aromatic rings. The predicted octanol–water partition coefficient (Wildman–Crippen LogP) is 1.59. The number of carbonyl (C=O) groups is 2. The summed E-state index contributed by atoms with van der Waals surface area (Å²) in [4.78, 5) is 23.6. The molecule has 0 aliphatic heterocycles. The van der Waals surface area contributed by atoms with Crippen molar-refractivity contribution in [1.29, 1.82) is 0 Å². The average molecular weight is 303 g/mol. The number of benzene rings is 1. The lowest BCUT2D eigenvalue weighted by molar-refractivity contribution is 0.0938. The fourth-order valence-corrected chi connectivity index (χ4v) is 2.74. The third-order valence-corrected chi connectivity index (χ3v) is 3.95. The van der Waals surface area contributed by atoms with Gasteiger partial charge in [0.05, 0.1) is 6.04 Å². The van der Waals surface area contributed by atoms with E-state index in [2.05, 4.69) is 5.32 Å². The van der Waals surface area contributed by atoms with E-state index in [4.69, 9.17) is 11.5 Å². The van der Waals surface area contributed by atoms with Gasteiger partial charge in [-0.1, -0.05) is 6.07 Å². The monoisotopic (exact) mass is 303 g/mol. The Morgan fingerprint density at radius 1 is 1.33 bits per heavy atom. The van der Waals surface area contributed by atoms with E-state index in [1.54, 1.807) is 30.4 Å². The number of nitrogens with two attached hydrogens (primary N) is 2. The van der Waals surface area contributed by atoms with Crippen LogP contribution in [0.2, 0.25) is 0 Å². The van der Waals surface area contributed by atoms with Gasteiger partial charge in [0.1, 0.15) is 0 Å². The van der Waals surface area contributed by atoms with Gasteiger partial charge >= 0.3 is 0 Å². The summed E-state index contributed by atoms with van der Waals surface area (Å²) < 4.78 is 0. The lowest BCUT2D eigenvalue weighted by Gasteiger charge is -2.16. The van der Waals surface area contributed by atoms with Crippen molar-refractivity contribution in [3.05, 3.63) is 57.3 Å². The number of primary amides is 1. The Hall–Kier alpha value is -2.18. The molecule has 5 nitrogen and oxygen atoms in total. The van der Waals surface area contributed by atoms with Crippen molar-refractivity contribution in [2.75, 3.05) is 6.54 Å². The molecule has 5 N–H and O–H groups in total. The molecule has 110 valence electrons. The molecule has 6 heteroatoms. The number of rotatable bonds is 5. The van der Waals surface area contributed by atoms with Gasteiger partial charge in [0.15, 0.2) is 0 Å². The molecular weight excluding hydrogens is 286 g/mol. The highest BCUT2D eigenvalue weighted by Gasteiger charge is 2.16. The molecule has 2 amide bonds. The van der Waals surface area contributed by atoms with Crippen LogP contribution >= 0.6 is 11.3 Å². The third-order valence-electron chi connectivity index (χ3n) is 3.25. The molecule has 0 fully saturated rings. The van der Waals surface area contributed by atoms with Crippen LogP contribution in [0.5, 0.6) is 0 Å². The van der Waals surface area contributed by atoms with Gasteiger partial charge in [-0.15, -0.1) is 0 Å². The van der Waals surface area contributed by atoms with E-state index in [0.29, 0.717) is 17.7 Å². The molecule has 0 saturated carbocycles. The van der Waals surface area contributed by atoms with Crippen LogP contribution in [0.4, 0.5) is 0 Å². The minimum atomic E-state index is -0.546. The van der Waals surface area contributed by atoms with Crippen molar-refractivity contribution in [3.63, 3.8) is 0 Å². The molecule has 21 heavy (non-hydrogen) atoms. The normalized spacial score (nSPS) is 11.9. The van der Waals surface area contributed by atoms with Gasteiger partial charge < -0.3 is 16.8 Å². The summed E-state index contributed by atoms with van der Waals surface area (Å²) in [5.41, 5.74) is 13.5. The van der Waals surface area contributed by atoms with Crippen LogP contribution in [0, 0.1) is 6.92 Å². The van der Waals surface area contributed by atoms with Crippen LogP contribution in [0.1, 0.15) is 37.9 Å². The van der Waals surface area contributed by atoms with Gasteiger partial charge in [-0.25, -0.2) is 0 Å². The average Bonchev–Trinajstić information content (AvgIpc) is 2.98. The second-order valence-electron chi connectivity index (χ2n) is 4.71. The summed E-state index contributed by atoms with van der Waals surface area (Å²) in [6.07, 6.45) is 0.